The van der Waals surface area contributed by atoms with Crippen LogP contribution in [0.4, 0.5) is 10.1 Å². The van der Waals surface area contributed by atoms with Crippen molar-refractivity contribution in [2.75, 3.05) is 25.9 Å². The highest BCUT2D eigenvalue weighted by Gasteiger charge is 2.30. The number of hydrogen-bond donors (Lipinski definition) is 3. The topological polar surface area (TPSA) is 70.4 Å². The molecule has 24 heavy (non-hydrogen) atoms. The van der Waals surface area contributed by atoms with Crippen LogP contribution in [0.3, 0.4) is 0 Å². The molecule has 1 heterocycles. The highest BCUT2D eigenvalue weighted by atomic mass is 19.1. The summed E-state index contributed by atoms with van der Waals surface area (Å²) in [6.45, 7) is 1.31. The number of carbonyl (C=O) groups is 1. The van der Waals surface area contributed by atoms with Crippen molar-refractivity contribution in [3.05, 3.63) is 65.5 Å². The van der Waals surface area contributed by atoms with E-state index in [-0.39, 0.29) is 23.7 Å². The molecule has 2 aromatic rings. The van der Waals surface area contributed by atoms with Gasteiger partial charge in [0.15, 0.2) is 0 Å². The molecule has 2 unspecified atom stereocenters. The lowest BCUT2D eigenvalue weighted by molar-refractivity contribution is 0.0771. The summed E-state index contributed by atoms with van der Waals surface area (Å²) in [5, 5.41) is 0. The molecule has 1 aliphatic rings. The van der Waals surface area contributed by atoms with E-state index >= 15 is 0 Å². The Bertz CT molecular complexity index is 719. The predicted molar refractivity (Wildman–Crippen MR) is 91.6 cm³/mol. The fourth-order valence-electron chi connectivity index (χ4n) is 3.06. The third-order valence-electron chi connectivity index (χ3n) is 4.31. The molecule has 3 rings (SSSR count). The zero-order valence-electron chi connectivity index (χ0n) is 13.5. The van der Waals surface area contributed by atoms with Crippen molar-refractivity contribution >= 4 is 11.6 Å². The maximum absolute atomic E-state index is 13.1. The first kappa shape index (κ1) is 16.4. The Morgan fingerprint density at radius 3 is 2.75 bits per heavy atom. The Morgan fingerprint density at radius 1 is 1.29 bits per heavy atom. The van der Waals surface area contributed by atoms with Gasteiger partial charge in [0.2, 0.25) is 0 Å². The number of nitrogen functional groups attached to an aromatic ring is 1. The molecule has 0 radical (unpaired) electrons. The molecule has 0 aliphatic carbocycles. The number of amides is 1. The number of benzene rings is 2. The van der Waals surface area contributed by atoms with E-state index in [9.17, 15) is 9.18 Å². The number of anilines is 1. The van der Waals surface area contributed by atoms with Gasteiger partial charge in [0.25, 0.3) is 5.91 Å². The number of nitrogens with two attached hydrogens (primary N) is 1. The summed E-state index contributed by atoms with van der Waals surface area (Å²) in [7, 11) is 1.78. The molecule has 4 N–H and O–H groups in total. The van der Waals surface area contributed by atoms with Crippen LogP contribution in [0.5, 0.6) is 0 Å². The van der Waals surface area contributed by atoms with E-state index in [0.717, 1.165) is 12.1 Å². The first-order chi connectivity index (χ1) is 11.5. The Hall–Kier alpha value is -2.44. The van der Waals surface area contributed by atoms with Crippen molar-refractivity contribution < 1.29 is 9.18 Å². The lowest BCUT2D eigenvalue weighted by Gasteiger charge is -2.25. The highest BCUT2D eigenvalue weighted by Crippen LogP contribution is 2.26. The van der Waals surface area contributed by atoms with Gasteiger partial charge >= 0.3 is 0 Å². The molecular formula is C18H21FN4O. The molecule has 1 fully saturated rings. The third-order valence-corrected chi connectivity index (χ3v) is 4.31. The molecule has 0 saturated carbocycles. The van der Waals surface area contributed by atoms with Crippen LogP contribution in [0.2, 0.25) is 0 Å². The molecule has 0 spiro atoms. The predicted octanol–water partition coefficient (Wildman–Crippen LogP) is 1.95. The summed E-state index contributed by atoms with van der Waals surface area (Å²) in [5.74, 6) is -0.132. The summed E-state index contributed by atoms with van der Waals surface area (Å²) in [4.78, 5) is 14.3. The van der Waals surface area contributed by atoms with E-state index in [2.05, 4.69) is 10.9 Å². The number of nitrogens with one attached hydrogen (secondary N) is 2. The minimum Gasteiger partial charge on any atom is -0.399 e. The molecule has 0 bridgehead atoms. The SMILES string of the molecule is CN(CC1CNNC1c1ccc(F)cc1)C(=O)c1cccc(N)c1. The molecular weight excluding hydrogens is 307 g/mol. The molecule has 1 aliphatic heterocycles. The molecule has 2 atom stereocenters. The fraction of sp³-hybridized carbons (Fsp3) is 0.278. The molecule has 0 aromatic heterocycles. The summed E-state index contributed by atoms with van der Waals surface area (Å²) in [6.07, 6.45) is 0. The Labute approximate surface area is 140 Å². The van der Waals surface area contributed by atoms with Gasteiger partial charge in [-0.1, -0.05) is 18.2 Å². The number of hydrazine groups is 1. The second kappa shape index (κ2) is 6.98. The van der Waals surface area contributed by atoms with Gasteiger partial charge in [0.05, 0.1) is 6.04 Å². The fourth-order valence-corrected chi connectivity index (χ4v) is 3.06. The normalized spacial score (nSPS) is 20.1. The minimum absolute atomic E-state index is 0.0293. The van der Waals surface area contributed by atoms with Crippen molar-refractivity contribution in [2.24, 2.45) is 5.92 Å². The quantitative estimate of drug-likeness (QED) is 0.750. The van der Waals surface area contributed by atoms with Crippen LogP contribution >= 0.6 is 0 Å². The van der Waals surface area contributed by atoms with Crippen molar-refractivity contribution in [2.45, 2.75) is 6.04 Å². The lowest BCUT2D eigenvalue weighted by Crippen LogP contribution is -2.34. The first-order valence-electron chi connectivity index (χ1n) is 7.89. The maximum Gasteiger partial charge on any atom is 0.253 e. The van der Waals surface area contributed by atoms with Gasteiger partial charge in [-0.25, -0.2) is 9.82 Å². The second-order valence-electron chi connectivity index (χ2n) is 6.13. The van der Waals surface area contributed by atoms with E-state index in [4.69, 9.17) is 5.73 Å². The van der Waals surface area contributed by atoms with Crippen LogP contribution in [-0.2, 0) is 0 Å². The van der Waals surface area contributed by atoms with Crippen LogP contribution in [0, 0.1) is 11.7 Å². The van der Waals surface area contributed by atoms with Gasteiger partial charge in [-0.2, -0.15) is 0 Å². The average molecular weight is 328 g/mol. The first-order valence-corrected chi connectivity index (χ1v) is 7.89. The number of carbonyl (C=O) groups excluding carboxylic acids is 1. The summed E-state index contributed by atoms with van der Waals surface area (Å²) in [6, 6.07) is 13.4. The van der Waals surface area contributed by atoms with E-state index in [0.29, 0.717) is 17.8 Å². The summed E-state index contributed by atoms with van der Waals surface area (Å²) in [5.41, 5.74) is 14.2. The number of nitrogens with zero attached hydrogens (tertiary/aromatic N) is 1. The van der Waals surface area contributed by atoms with Crippen LogP contribution < -0.4 is 16.6 Å². The highest BCUT2D eigenvalue weighted by molar-refractivity contribution is 5.94. The molecule has 1 amide bonds. The van der Waals surface area contributed by atoms with Gasteiger partial charge in [0, 0.05) is 37.3 Å². The maximum atomic E-state index is 13.1. The van der Waals surface area contributed by atoms with Crippen LogP contribution in [0.1, 0.15) is 22.0 Å². The lowest BCUT2D eigenvalue weighted by atomic mass is 9.94. The van der Waals surface area contributed by atoms with Crippen molar-refractivity contribution in [1.29, 1.82) is 0 Å². The molecule has 5 nitrogen and oxygen atoms in total. The number of halogens is 1. The largest absolute Gasteiger partial charge is 0.399 e. The molecule has 6 heteroatoms. The summed E-state index contributed by atoms with van der Waals surface area (Å²) >= 11 is 0. The van der Waals surface area contributed by atoms with E-state index in [1.54, 1.807) is 48.3 Å². The molecule has 126 valence electrons. The smallest absolute Gasteiger partial charge is 0.253 e. The zero-order chi connectivity index (χ0) is 17.1. The second-order valence-corrected chi connectivity index (χ2v) is 6.13. The van der Waals surface area contributed by atoms with E-state index < -0.39 is 0 Å². The Balaban J connectivity index is 1.69. The standard InChI is InChI=1S/C18H21FN4O/c1-23(18(24)13-3-2-4-16(20)9-13)11-14-10-21-22-17(14)12-5-7-15(19)8-6-12/h2-9,14,17,21-22H,10-11,20H2,1H3. The van der Waals surface area contributed by atoms with Gasteiger partial charge in [-0.05, 0) is 35.9 Å². The van der Waals surface area contributed by atoms with Gasteiger partial charge in [-0.3, -0.25) is 10.2 Å². The molecule has 2 aromatic carbocycles. The summed E-state index contributed by atoms with van der Waals surface area (Å²) < 4.78 is 13.1. The van der Waals surface area contributed by atoms with Crippen molar-refractivity contribution in [3.63, 3.8) is 0 Å². The monoisotopic (exact) mass is 328 g/mol. The third kappa shape index (κ3) is 3.55. The van der Waals surface area contributed by atoms with E-state index in [1.807, 2.05) is 0 Å². The minimum atomic E-state index is -0.254. The molecule has 1 saturated heterocycles. The van der Waals surface area contributed by atoms with Crippen LogP contribution in [-0.4, -0.2) is 30.9 Å². The average Bonchev–Trinajstić information content (AvgIpc) is 3.03. The van der Waals surface area contributed by atoms with Crippen LogP contribution in [0.15, 0.2) is 48.5 Å². The van der Waals surface area contributed by atoms with Crippen molar-refractivity contribution in [1.82, 2.24) is 15.8 Å². The van der Waals surface area contributed by atoms with Crippen LogP contribution in [0.25, 0.3) is 0 Å². The van der Waals surface area contributed by atoms with E-state index in [1.165, 1.54) is 12.1 Å². The number of rotatable bonds is 4. The Kier molecular flexibility index (Phi) is 4.78. The van der Waals surface area contributed by atoms with Crippen molar-refractivity contribution in [3.8, 4) is 0 Å². The number of hydrogen-bond acceptors (Lipinski definition) is 4. The van der Waals surface area contributed by atoms with Gasteiger partial charge in [0.1, 0.15) is 5.82 Å². The Morgan fingerprint density at radius 2 is 2.04 bits per heavy atom. The van der Waals surface area contributed by atoms with Gasteiger partial charge < -0.3 is 10.6 Å². The van der Waals surface area contributed by atoms with Gasteiger partial charge in [-0.15, -0.1) is 0 Å². The zero-order valence-corrected chi connectivity index (χ0v) is 13.5.